The van der Waals surface area contributed by atoms with Crippen LogP contribution in [-0.2, 0) is 38.9 Å². The van der Waals surface area contributed by atoms with Crippen molar-refractivity contribution in [2.24, 2.45) is 0 Å². The molecule has 0 aromatic heterocycles. The predicted molar refractivity (Wildman–Crippen MR) is 167 cm³/mol. The quantitative estimate of drug-likeness (QED) is 0.162. The second kappa shape index (κ2) is 13.2. The molecule has 1 amide bonds. The fraction of sp³-hybridized carbons (Fsp3) is 0.162. The molecule has 6 rings (SSSR count). The van der Waals surface area contributed by atoms with E-state index in [0.29, 0.717) is 19.8 Å². The molecule has 42 heavy (non-hydrogen) atoms. The van der Waals surface area contributed by atoms with E-state index in [1.54, 1.807) is 11.8 Å². The van der Waals surface area contributed by atoms with Gasteiger partial charge in [0, 0.05) is 11.4 Å². The Morgan fingerprint density at radius 3 is 1.57 bits per heavy atom. The molecule has 0 aliphatic carbocycles. The minimum Gasteiger partial charge on any atom is -0.366 e. The maximum Gasteiger partial charge on any atom is 0.256 e. The molecule has 1 fully saturated rings. The Hall–Kier alpha value is -4.16. The lowest BCUT2D eigenvalue weighted by molar-refractivity contribution is -0.142. The number of benzene rings is 5. The van der Waals surface area contributed by atoms with Gasteiger partial charge in [0.2, 0.25) is 0 Å². The molecule has 0 bridgehead atoms. The van der Waals surface area contributed by atoms with E-state index in [2.05, 4.69) is 36.4 Å². The number of likely N-dealkylation sites (tertiary alicyclic amines) is 1. The first-order valence-corrected chi connectivity index (χ1v) is 15.0. The van der Waals surface area contributed by atoms with Gasteiger partial charge >= 0.3 is 0 Å². The SMILES string of the molecule is O=C1C(OCc2ccccc2)C(OCc2ccccc2)C(Sc2ccccc2)(c2ccccc2)N1Cc1ccccc1. The summed E-state index contributed by atoms with van der Waals surface area (Å²) in [5.41, 5.74) is 4.09. The van der Waals surface area contributed by atoms with Gasteiger partial charge < -0.3 is 14.4 Å². The summed E-state index contributed by atoms with van der Waals surface area (Å²) in [6.45, 7) is 1.08. The highest BCUT2D eigenvalue weighted by atomic mass is 32.2. The molecule has 1 aliphatic rings. The van der Waals surface area contributed by atoms with Crippen LogP contribution in [0.4, 0.5) is 0 Å². The maximum absolute atomic E-state index is 14.6. The Balaban J connectivity index is 1.49. The summed E-state index contributed by atoms with van der Waals surface area (Å²) in [6.07, 6.45) is -1.42. The van der Waals surface area contributed by atoms with Crippen molar-refractivity contribution in [3.8, 4) is 0 Å². The van der Waals surface area contributed by atoms with Crippen LogP contribution in [0.5, 0.6) is 0 Å². The molecule has 0 N–H and O–H groups in total. The molecule has 3 atom stereocenters. The number of carbonyl (C=O) groups is 1. The van der Waals surface area contributed by atoms with Crippen LogP contribution in [0, 0.1) is 0 Å². The number of rotatable bonds is 11. The number of thioether (sulfide) groups is 1. The number of hydrogen-bond acceptors (Lipinski definition) is 4. The third-order valence-corrected chi connectivity index (χ3v) is 9.01. The number of hydrogen-bond donors (Lipinski definition) is 0. The lowest BCUT2D eigenvalue weighted by Crippen LogP contribution is -2.47. The summed E-state index contributed by atoms with van der Waals surface area (Å²) >= 11 is 1.65. The van der Waals surface area contributed by atoms with Crippen molar-refractivity contribution in [3.63, 3.8) is 0 Å². The molecular formula is C37H33NO3S. The van der Waals surface area contributed by atoms with Crippen molar-refractivity contribution in [2.45, 2.75) is 41.7 Å². The minimum absolute atomic E-state index is 0.0832. The number of amides is 1. The lowest BCUT2D eigenvalue weighted by atomic mass is 9.99. The van der Waals surface area contributed by atoms with E-state index in [0.717, 1.165) is 27.1 Å². The number of carbonyl (C=O) groups excluding carboxylic acids is 1. The highest BCUT2D eigenvalue weighted by Gasteiger charge is 2.62. The summed E-state index contributed by atoms with van der Waals surface area (Å²) < 4.78 is 13.4. The molecule has 5 heteroatoms. The van der Waals surface area contributed by atoms with Crippen molar-refractivity contribution in [1.82, 2.24) is 4.90 Å². The van der Waals surface area contributed by atoms with Gasteiger partial charge in [-0.3, -0.25) is 4.79 Å². The molecule has 1 heterocycles. The van der Waals surface area contributed by atoms with Gasteiger partial charge in [0.15, 0.2) is 6.10 Å². The van der Waals surface area contributed by atoms with Crippen LogP contribution < -0.4 is 0 Å². The molecular weight excluding hydrogens is 538 g/mol. The van der Waals surface area contributed by atoms with Crippen LogP contribution in [0.3, 0.4) is 0 Å². The van der Waals surface area contributed by atoms with E-state index in [1.165, 1.54) is 0 Å². The first-order valence-electron chi connectivity index (χ1n) is 14.2. The van der Waals surface area contributed by atoms with Gasteiger partial charge in [-0.25, -0.2) is 0 Å². The van der Waals surface area contributed by atoms with E-state index in [4.69, 9.17) is 9.47 Å². The summed E-state index contributed by atoms with van der Waals surface area (Å²) in [4.78, 5) is 16.8. The Morgan fingerprint density at radius 2 is 1.02 bits per heavy atom. The van der Waals surface area contributed by atoms with Crippen LogP contribution in [-0.4, -0.2) is 23.0 Å². The predicted octanol–water partition coefficient (Wildman–Crippen LogP) is 7.84. The van der Waals surface area contributed by atoms with E-state index >= 15 is 0 Å². The minimum atomic E-state index is -0.897. The van der Waals surface area contributed by atoms with E-state index in [9.17, 15) is 4.79 Å². The van der Waals surface area contributed by atoms with Crippen molar-refractivity contribution in [2.75, 3.05) is 0 Å². The molecule has 0 saturated carbocycles. The fourth-order valence-electron chi connectivity index (χ4n) is 5.48. The summed E-state index contributed by atoms with van der Waals surface area (Å²) in [5.74, 6) is -0.0832. The highest BCUT2D eigenvalue weighted by Crippen LogP contribution is 2.54. The Morgan fingerprint density at radius 1 is 0.571 bits per heavy atom. The van der Waals surface area contributed by atoms with Crippen molar-refractivity contribution < 1.29 is 14.3 Å². The molecule has 1 aliphatic heterocycles. The monoisotopic (exact) mass is 571 g/mol. The smallest absolute Gasteiger partial charge is 0.256 e. The Labute approximate surface area is 251 Å². The van der Waals surface area contributed by atoms with Crippen molar-refractivity contribution in [1.29, 1.82) is 0 Å². The normalized spacial score (nSPS) is 20.1. The maximum atomic E-state index is 14.6. The molecule has 210 valence electrons. The van der Waals surface area contributed by atoms with Crippen molar-refractivity contribution in [3.05, 3.63) is 174 Å². The van der Waals surface area contributed by atoms with Crippen LogP contribution in [0.25, 0.3) is 0 Å². The largest absolute Gasteiger partial charge is 0.366 e. The lowest BCUT2D eigenvalue weighted by Gasteiger charge is -2.42. The molecule has 3 unspecified atom stereocenters. The van der Waals surface area contributed by atoms with Crippen LogP contribution >= 0.6 is 11.8 Å². The Bertz CT molecular complexity index is 1550. The summed E-state index contributed by atoms with van der Waals surface area (Å²) in [5, 5.41) is 0. The van der Waals surface area contributed by atoms with E-state index in [1.807, 2.05) is 120 Å². The van der Waals surface area contributed by atoms with E-state index < -0.39 is 17.1 Å². The number of nitrogens with zero attached hydrogens (tertiary/aromatic N) is 1. The standard InChI is InChI=1S/C37H33NO3S/c39-36-34(40-27-30-18-8-2-9-19-30)35(41-28-31-20-10-3-11-21-31)37(32-22-12-4-13-23-32,42-33-24-14-5-15-25-33)38(36)26-29-16-6-1-7-17-29/h1-25,34-35H,26-28H2. The van der Waals surface area contributed by atoms with Gasteiger partial charge in [-0.2, -0.15) is 0 Å². The van der Waals surface area contributed by atoms with Gasteiger partial charge in [-0.15, -0.1) is 0 Å². The third kappa shape index (κ3) is 6.04. The molecule has 4 nitrogen and oxygen atoms in total. The first kappa shape index (κ1) is 28.0. The Kier molecular flexibility index (Phi) is 8.80. The van der Waals surface area contributed by atoms with Gasteiger partial charge in [0.1, 0.15) is 11.0 Å². The fourth-order valence-corrected chi connectivity index (χ4v) is 6.96. The average molecular weight is 572 g/mol. The average Bonchev–Trinajstić information content (AvgIpc) is 3.27. The van der Waals surface area contributed by atoms with Gasteiger partial charge in [0.05, 0.1) is 13.2 Å². The second-order valence-electron chi connectivity index (χ2n) is 10.3. The molecule has 5 aromatic rings. The molecule has 1 saturated heterocycles. The number of ether oxygens (including phenoxy) is 2. The topological polar surface area (TPSA) is 38.8 Å². The second-order valence-corrected chi connectivity index (χ2v) is 11.6. The van der Waals surface area contributed by atoms with Gasteiger partial charge in [0.25, 0.3) is 5.91 Å². The van der Waals surface area contributed by atoms with Gasteiger partial charge in [-0.1, -0.05) is 151 Å². The zero-order valence-corrected chi connectivity index (χ0v) is 24.1. The zero-order chi connectivity index (χ0) is 28.6. The zero-order valence-electron chi connectivity index (χ0n) is 23.3. The van der Waals surface area contributed by atoms with Crippen LogP contribution in [0.15, 0.2) is 157 Å². The summed E-state index contributed by atoms with van der Waals surface area (Å²) in [6, 6.07) is 50.7. The van der Waals surface area contributed by atoms with E-state index in [-0.39, 0.29) is 5.91 Å². The summed E-state index contributed by atoms with van der Waals surface area (Å²) in [7, 11) is 0. The van der Waals surface area contributed by atoms with Crippen molar-refractivity contribution >= 4 is 17.7 Å². The highest BCUT2D eigenvalue weighted by molar-refractivity contribution is 8.00. The molecule has 0 spiro atoms. The van der Waals surface area contributed by atoms with Gasteiger partial charge in [-0.05, 0) is 34.4 Å². The first-order chi connectivity index (χ1) is 20.7. The molecule has 5 aromatic carbocycles. The van der Waals surface area contributed by atoms with Crippen LogP contribution in [0.2, 0.25) is 0 Å². The third-order valence-electron chi connectivity index (χ3n) is 7.50. The molecule has 0 radical (unpaired) electrons. The van der Waals surface area contributed by atoms with Crippen LogP contribution in [0.1, 0.15) is 22.3 Å².